The summed E-state index contributed by atoms with van der Waals surface area (Å²) in [5.41, 5.74) is 0.576. The molecular formula is C17H24ClN3O3. The van der Waals surface area contributed by atoms with Crippen LogP contribution in [0.15, 0.2) is 24.3 Å². The molecule has 3 rings (SSSR count). The molecule has 6 nitrogen and oxygen atoms in total. The Labute approximate surface area is 148 Å². The maximum atomic E-state index is 12.6. The fourth-order valence-electron chi connectivity index (χ4n) is 3.24. The van der Waals surface area contributed by atoms with E-state index in [2.05, 4.69) is 5.32 Å². The van der Waals surface area contributed by atoms with E-state index < -0.39 is 0 Å². The van der Waals surface area contributed by atoms with Crippen molar-refractivity contribution in [3.05, 3.63) is 29.8 Å². The van der Waals surface area contributed by atoms with Crippen molar-refractivity contribution in [2.24, 2.45) is 0 Å². The fourth-order valence-corrected chi connectivity index (χ4v) is 3.24. The normalized spacial score (nSPS) is 20.5. The SMILES string of the molecule is COc1ccccc1C(=O)N1CCN(C(=O)[C@H]2CCCN2)CC1.Cl. The number of halogens is 1. The number of amides is 2. The summed E-state index contributed by atoms with van der Waals surface area (Å²) in [6, 6.07) is 7.22. The molecule has 0 unspecified atom stereocenters. The molecule has 0 spiro atoms. The van der Waals surface area contributed by atoms with Crippen molar-refractivity contribution in [2.45, 2.75) is 18.9 Å². The molecule has 2 heterocycles. The average Bonchev–Trinajstić information content (AvgIpc) is 3.15. The molecule has 24 heavy (non-hydrogen) atoms. The molecule has 0 bridgehead atoms. The number of ether oxygens (including phenoxy) is 1. The molecule has 132 valence electrons. The van der Waals surface area contributed by atoms with E-state index in [1.54, 1.807) is 24.1 Å². The summed E-state index contributed by atoms with van der Waals surface area (Å²) in [6.45, 7) is 3.24. The zero-order valence-electron chi connectivity index (χ0n) is 13.9. The van der Waals surface area contributed by atoms with Crippen molar-refractivity contribution in [1.29, 1.82) is 0 Å². The molecule has 2 aliphatic rings. The first-order chi connectivity index (χ1) is 11.2. The zero-order chi connectivity index (χ0) is 16.2. The molecule has 2 amide bonds. The highest BCUT2D eigenvalue weighted by atomic mass is 35.5. The standard InChI is InChI=1S/C17H23N3O3.ClH/c1-23-15-7-3-2-5-13(15)16(21)19-9-11-20(12-10-19)17(22)14-6-4-8-18-14;/h2-3,5,7,14,18H,4,6,8-12H2,1H3;1H/t14-;/m1./s1. The van der Waals surface area contributed by atoms with Gasteiger partial charge in [-0.1, -0.05) is 12.1 Å². The zero-order valence-corrected chi connectivity index (χ0v) is 14.7. The number of hydrogen-bond donors (Lipinski definition) is 1. The van der Waals surface area contributed by atoms with Crippen molar-refractivity contribution in [3.8, 4) is 5.75 Å². The van der Waals surface area contributed by atoms with Gasteiger partial charge in [0.2, 0.25) is 5.91 Å². The molecule has 2 fully saturated rings. The largest absolute Gasteiger partial charge is 0.496 e. The van der Waals surface area contributed by atoms with Crippen LogP contribution in [-0.4, -0.2) is 67.5 Å². The Hall–Kier alpha value is -1.79. The Morgan fingerprint density at radius 1 is 1.12 bits per heavy atom. The predicted molar refractivity (Wildman–Crippen MR) is 93.8 cm³/mol. The van der Waals surface area contributed by atoms with Gasteiger partial charge in [-0.05, 0) is 31.5 Å². The van der Waals surface area contributed by atoms with Gasteiger partial charge in [0.15, 0.2) is 0 Å². The monoisotopic (exact) mass is 353 g/mol. The number of benzene rings is 1. The van der Waals surface area contributed by atoms with E-state index in [9.17, 15) is 9.59 Å². The van der Waals surface area contributed by atoms with E-state index >= 15 is 0 Å². The minimum atomic E-state index is -0.0357. The maximum Gasteiger partial charge on any atom is 0.257 e. The highest BCUT2D eigenvalue weighted by molar-refractivity contribution is 5.97. The van der Waals surface area contributed by atoms with Gasteiger partial charge in [0.1, 0.15) is 5.75 Å². The van der Waals surface area contributed by atoms with E-state index in [4.69, 9.17) is 4.74 Å². The summed E-state index contributed by atoms with van der Waals surface area (Å²) in [5, 5.41) is 3.24. The topological polar surface area (TPSA) is 61.9 Å². The van der Waals surface area contributed by atoms with Gasteiger partial charge < -0.3 is 19.9 Å². The molecule has 1 atom stereocenters. The van der Waals surface area contributed by atoms with Gasteiger partial charge in [-0.2, -0.15) is 0 Å². The van der Waals surface area contributed by atoms with E-state index in [1.165, 1.54) is 0 Å². The summed E-state index contributed by atoms with van der Waals surface area (Å²) in [5.74, 6) is 0.728. The maximum absolute atomic E-state index is 12.6. The Balaban J connectivity index is 0.00000208. The Bertz CT molecular complexity index is 582. The van der Waals surface area contributed by atoms with Crippen LogP contribution in [0.1, 0.15) is 23.2 Å². The lowest BCUT2D eigenvalue weighted by molar-refractivity contribution is -0.134. The van der Waals surface area contributed by atoms with Crippen LogP contribution in [-0.2, 0) is 4.79 Å². The lowest BCUT2D eigenvalue weighted by Crippen LogP contribution is -2.54. The number of nitrogens with one attached hydrogen (secondary N) is 1. The second-order valence-electron chi connectivity index (χ2n) is 5.97. The van der Waals surface area contributed by atoms with Gasteiger partial charge in [0, 0.05) is 26.2 Å². The number of carbonyl (C=O) groups excluding carboxylic acids is 2. The molecule has 7 heteroatoms. The van der Waals surface area contributed by atoms with Crippen molar-refractivity contribution in [1.82, 2.24) is 15.1 Å². The van der Waals surface area contributed by atoms with E-state index in [-0.39, 0.29) is 30.3 Å². The highest BCUT2D eigenvalue weighted by Crippen LogP contribution is 2.20. The lowest BCUT2D eigenvalue weighted by atomic mass is 10.1. The molecule has 0 aliphatic carbocycles. The Morgan fingerprint density at radius 2 is 1.79 bits per heavy atom. The summed E-state index contributed by atoms with van der Waals surface area (Å²) < 4.78 is 5.26. The molecular weight excluding hydrogens is 330 g/mol. The number of para-hydroxylation sites is 1. The number of hydrogen-bond acceptors (Lipinski definition) is 4. The molecule has 2 aliphatic heterocycles. The van der Waals surface area contributed by atoms with Gasteiger partial charge in [-0.25, -0.2) is 0 Å². The van der Waals surface area contributed by atoms with E-state index in [0.717, 1.165) is 19.4 Å². The summed E-state index contributed by atoms with van der Waals surface area (Å²) >= 11 is 0. The van der Waals surface area contributed by atoms with Crippen LogP contribution >= 0.6 is 12.4 Å². The van der Waals surface area contributed by atoms with Gasteiger partial charge >= 0.3 is 0 Å². The Morgan fingerprint density at radius 3 is 2.42 bits per heavy atom. The number of nitrogens with zero attached hydrogens (tertiary/aromatic N) is 2. The summed E-state index contributed by atoms with van der Waals surface area (Å²) in [6.07, 6.45) is 1.97. The van der Waals surface area contributed by atoms with Crippen LogP contribution < -0.4 is 10.1 Å². The van der Waals surface area contributed by atoms with Crippen LogP contribution in [0, 0.1) is 0 Å². The predicted octanol–water partition coefficient (Wildman–Crippen LogP) is 1.15. The molecule has 1 aromatic carbocycles. The number of methoxy groups -OCH3 is 1. The second kappa shape index (κ2) is 8.35. The first kappa shape index (κ1) is 18.5. The number of rotatable bonds is 3. The van der Waals surface area contributed by atoms with Crippen LogP contribution in [0.2, 0.25) is 0 Å². The van der Waals surface area contributed by atoms with Crippen molar-refractivity contribution < 1.29 is 14.3 Å². The van der Waals surface area contributed by atoms with Crippen molar-refractivity contribution in [2.75, 3.05) is 39.8 Å². The number of carbonyl (C=O) groups is 2. The van der Waals surface area contributed by atoms with Crippen LogP contribution in [0.5, 0.6) is 5.75 Å². The first-order valence-corrected chi connectivity index (χ1v) is 8.15. The van der Waals surface area contributed by atoms with Crippen molar-refractivity contribution >= 4 is 24.2 Å². The second-order valence-corrected chi connectivity index (χ2v) is 5.97. The molecule has 0 radical (unpaired) electrons. The van der Waals surface area contributed by atoms with Crippen LogP contribution in [0.4, 0.5) is 0 Å². The highest BCUT2D eigenvalue weighted by Gasteiger charge is 2.31. The molecule has 2 saturated heterocycles. The molecule has 0 saturated carbocycles. The quantitative estimate of drug-likeness (QED) is 0.885. The smallest absolute Gasteiger partial charge is 0.257 e. The molecule has 1 aromatic rings. The van der Waals surface area contributed by atoms with Gasteiger partial charge in [0.05, 0.1) is 18.7 Å². The Kier molecular flexibility index (Phi) is 6.45. The third-order valence-electron chi connectivity index (χ3n) is 4.57. The minimum absolute atomic E-state index is 0. The summed E-state index contributed by atoms with van der Waals surface area (Å²) in [4.78, 5) is 28.7. The van der Waals surface area contributed by atoms with Gasteiger partial charge in [-0.3, -0.25) is 9.59 Å². The third kappa shape index (κ3) is 3.82. The van der Waals surface area contributed by atoms with Crippen LogP contribution in [0.3, 0.4) is 0 Å². The third-order valence-corrected chi connectivity index (χ3v) is 4.57. The fraction of sp³-hybridized carbons (Fsp3) is 0.529. The lowest BCUT2D eigenvalue weighted by Gasteiger charge is -2.36. The minimum Gasteiger partial charge on any atom is -0.496 e. The first-order valence-electron chi connectivity index (χ1n) is 8.15. The van der Waals surface area contributed by atoms with Crippen molar-refractivity contribution in [3.63, 3.8) is 0 Å². The number of piperazine rings is 1. The molecule has 1 N–H and O–H groups in total. The van der Waals surface area contributed by atoms with E-state index in [0.29, 0.717) is 37.5 Å². The van der Waals surface area contributed by atoms with E-state index in [1.807, 2.05) is 17.0 Å². The average molecular weight is 354 g/mol. The van der Waals surface area contributed by atoms with Crippen LogP contribution in [0.25, 0.3) is 0 Å². The molecule has 0 aromatic heterocycles. The van der Waals surface area contributed by atoms with Gasteiger partial charge in [-0.15, -0.1) is 12.4 Å². The summed E-state index contributed by atoms with van der Waals surface area (Å²) in [7, 11) is 1.57. The van der Waals surface area contributed by atoms with Gasteiger partial charge in [0.25, 0.3) is 5.91 Å².